The first-order valence-electron chi connectivity index (χ1n) is 12.8. The number of aromatic nitrogens is 7. The maximum atomic E-state index is 13.1. The van der Waals surface area contributed by atoms with Crippen LogP contribution in [0.3, 0.4) is 0 Å². The number of ether oxygens (including phenoxy) is 1. The maximum absolute atomic E-state index is 13.1. The SMILES string of the molecule is O=S(=O)(C1CC1)n1cc(-c2nccc(Nc3cc(OC4CCC(O)CC4)c(-c4ccn(C(F)F)n4)cn3)n2)cn1. The molecule has 12 nitrogen and oxygen atoms in total. The highest BCUT2D eigenvalue weighted by Gasteiger charge is 2.37. The Morgan fingerprint density at radius 2 is 1.85 bits per heavy atom. The highest BCUT2D eigenvalue weighted by Crippen LogP contribution is 2.35. The van der Waals surface area contributed by atoms with Crippen molar-refractivity contribution in [2.45, 2.75) is 62.5 Å². The van der Waals surface area contributed by atoms with E-state index in [4.69, 9.17) is 4.74 Å². The Bertz CT molecular complexity index is 1610. The van der Waals surface area contributed by atoms with Crippen molar-refractivity contribution in [2.24, 2.45) is 0 Å². The molecule has 0 aliphatic heterocycles. The summed E-state index contributed by atoms with van der Waals surface area (Å²) >= 11 is 0. The summed E-state index contributed by atoms with van der Waals surface area (Å²) in [7, 11) is -3.51. The van der Waals surface area contributed by atoms with Crippen molar-refractivity contribution in [1.29, 1.82) is 0 Å². The Hall–Kier alpha value is -3.98. The number of rotatable bonds is 9. The fourth-order valence-electron chi connectivity index (χ4n) is 4.50. The van der Waals surface area contributed by atoms with Gasteiger partial charge in [0.15, 0.2) is 5.82 Å². The van der Waals surface area contributed by atoms with Crippen LogP contribution in [-0.4, -0.2) is 64.9 Å². The molecule has 2 saturated carbocycles. The Balaban J connectivity index is 1.26. The molecule has 0 bridgehead atoms. The van der Waals surface area contributed by atoms with Gasteiger partial charge in [-0.2, -0.15) is 23.1 Å². The van der Waals surface area contributed by atoms with Crippen LogP contribution in [0.1, 0.15) is 45.1 Å². The van der Waals surface area contributed by atoms with Crippen LogP contribution in [0.25, 0.3) is 22.6 Å². The van der Waals surface area contributed by atoms with Crippen molar-refractivity contribution in [3.05, 3.63) is 49.2 Å². The van der Waals surface area contributed by atoms with E-state index in [0.29, 0.717) is 71.7 Å². The summed E-state index contributed by atoms with van der Waals surface area (Å²) in [5.41, 5.74) is 1.17. The van der Waals surface area contributed by atoms with Crippen LogP contribution >= 0.6 is 0 Å². The van der Waals surface area contributed by atoms with E-state index in [2.05, 4.69) is 30.5 Å². The first kappa shape index (κ1) is 26.3. The molecule has 0 unspecified atom stereocenters. The Labute approximate surface area is 228 Å². The van der Waals surface area contributed by atoms with E-state index in [1.807, 2.05) is 0 Å². The van der Waals surface area contributed by atoms with Gasteiger partial charge < -0.3 is 15.2 Å². The molecular weight excluding hydrogens is 546 g/mol. The molecule has 2 aliphatic carbocycles. The van der Waals surface area contributed by atoms with Crippen LogP contribution in [0.15, 0.2) is 49.2 Å². The highest BCUT2D eigenvalue weighted by atomic mass is 32.2. The molecule has 0 atom stereocenters. The highest BCUT2D eigenvalue weighted by molar-refractivity contribution is 7.90. The zero-order chi connectivity index (χ0) is 27.9. The standard InChI is InChI=1S/C25H26F2N8O4S/c26-25(27)34-10-8-20(33-34)19-13-29-23(11-21(19)39-17-3-1-16(36)2-4-17)31-22-7-9-28-24(32-22)15-12-30-35(14-15)40(37,38)18-5-6-18/h7-14,16-18,25,36H,1-6H2,(H,28,29,31,32). The Kier molecular flexibility index (Phi) is 6.92. The molecule has 0 radical (unpaired) electrons. The third-order valence-corrected chi connectivity index (χ3v) is 8.86. The van der Waals surface area contributed by atoms with E-state index >= 15 is 0 Å². The summed E-state index contributed by atoms with van der Waals surface area (Å²) in [6, 6.07) is 4.73. The molecule has 2 aliphatic rings. The number of hydrogen-bond donors (Lipinski definition) is 2. The largest absolute Gasteiger partial charge is 0.490 e. The molecule has 6 rings (SSSR count). The topological polar surface area (TPSA) is 150 Å². The van der Waals surface area contributed by atoms with Gasteiger partial charge in [-0.05, 0) is 50.7 Å². The van der Waals surface area contributed by atoms with E-state index in [9.17, 15) is 22.3 Å². The van der Waals surface area contributed by atoms with Crippen molar-refractivity contribution >= 4 is 21.7 Å². The van der Waals surface area contributed by atoms with Crippen molar-refractivity contribution in [3.8, 4) is 28.4 Å². The van der Waals surface area contributed by atoms with Crippen LogP contribution in [0.5, 0.6) is 5.75 Å². The minimum absolute atomic E-state index is 0.163. The van der Waals surface area contributed by atoms with Crippen LogP contribution < -0.4 is 10.1 Å². The first-order valence-corrected chi connectivity index (χ1v) is 14.3. The lowest BCUT2D eigenvalue weighted by Gasteiger charge is -2.27. The third-order valence-electron chi connectivity index (χ3n) is 6.82. The van der Waals surface area contributed by atoms with Gasteiger partial charge in [0.05, 0.1) is 46.7 Å². The van der Waals surface area contributed by atoms with Crippen molar-refractivity contribution in [1.82, 2.24) is 33.9 Å². The average Bonchev–Trinajstić information content (AvgIpc) is 3.48. The number of pyridine rings is 1. The Morgan fingerprint density at radius 3 is 2.58 bits per heavy atom. The zero-order valence-corrected chi connectivity index (χ0v) is 22.0. The number of anilines is 2. The maximum Gasteiger partial charge on any atom is 0.333 e. The van der Waals surface area contributed by atoms with Crippen LogP contribution in [-0.2, 0) is 10.0 Å². The predicted molar refractivity (Wildman–Crippen MR) is 139 cm³/mol. The van der Waals surface area contributed by atoms with Gasteiger partial charge in [-0.1, -0.05) is 0 Å². The molecule has 15 heteroatoms. The summed E-state index contributed by atoms with van der Waals surface area (Å²) in [6.45, 7) is -2.78. The van der Waals surface area contributed by atoms with Gasteiger partial charge in [-0.25, -0.2) is 28.1 Å². The van der Waals surface area contributed by atoms with E-state index < -0.39 is 21.8 Å². The number of aliphatic hydroxyl groups is 1. The number of alkyl halides is 2. The fourth-order valence-corrected chi connectivity index (χ4v) is 5.98. The molecule has 4 aromatic heterocycles. The van der Waals surface area contributed by atoms with E-state index in [-0.39, 0.29) is 23.7 Å². The fraction of sp³-hybridized carbons (Fsp3) is 0.400. The number of nitrogens with one attached hydrogen (secondary N) is 1. The molecule has 0 spiro atoms. The molecule has 0 aromatic carbocycles. The molecule has 210 valence electrons. The normalized spacial score (nSPS) is 19.6. The predicted octanol–water partition coefficient (Wildman–Crippen LogP) is 3.76. The molecular formula is C25H26F2N8O4S. The minimum Gasteiger partial charge on any atom is -0.490 e. The number of hydrogen-bond acceptors (Lipinski definition) is 10. The average molecular weight is 573 g/mol. The molecule has 4 aromatic rings. The van der Waals surface area contributed by atoms with Gasteiger partial charge in [0.2, 0.25) is 0 Å². The van der Waals surface area contributed by atoms with Gasteiger partial charge >= 0.3 is 6.55 Å². The minimum atomic E-state index is -3.51. The van der Waals surface area contributed by atoms with Crippen LogP contribution in [0.4, 0.5) is 20.4 Å². The zero-order valence-electron chi connectivity index (χ0n) is 21.1. The molecule has 40 heavy (non-hydrogen) atoms. The third kappa shape index (κ3) is 5.51. The van der Waals surface area contributed by atoms with Crippen molar-refractivity contribution < 1.29 is 27.0 Å². The van der Waals surface area contributed by atoms with Crippen LogP contribution in [0.2, 0.25) is 0 Å². The number of nitrogens with zero attached hydrogens (tertiary/aromatic N) is 7. The van der Waals surface area contributed by atoms with E-state index in [1.165, 1.54) is 37.1 Å². The number of halogens is 2. The van der Waals surface area contributed by atoms with Crippen molar-refractivity contribution in [2.75, 3.05) is 5.32 Å². The second kappa shape index (κ2) is 10.5. The van der Waals surface area contributed by atoms with E-state index in [1.54, 1.807) is 12.1 Å². The first-order chi connectivity index (χ1) is 19.3. The molecule has 0 amide bonds. The van der Waals surface area contributed by atoms with Gasteiger partial charge in [-0.15, -0.1) is 0 Å². The van der Waals surface area contributed by atoms with Crippen molar-refractivity contribution in [3.63, 3.8) is 0 Å². The van der Waals surface area contributed by atoms with Gasteiger partial charge in [0.25, 0.3) is 10.0 Å². The lowest BCUT2D eigenvalue weighted by molar-refractivity contribution is 0.0568. The monoisotopic (exact) mass is 572 g/mol. The summed E-state index contributed by atoms with van der Waals surface area (Å²) in [4.78, 5) is 13.1. The van der Waals surface area contributed by atoms with Gasteiger partial charge in [0.1, 0.15) is 17.4 Å². The molecule has 4 heterocycles. The number of aliphatic hydroxyl groups excluding tert-OH is 1. The summed E-state index contributed by atoms with van der Waals surface area (Å²) in [5.74, 6) is 1.43. The molecule has 2 N–H and O–H groups in total. The van der Waals surface area contributed by atoms with Gasteiger partial charge in [-0.3, -0.25) is 0 Å². The van der Waals surface area contributed by atoms with Crippen LogP contribution in [0, 0.1) is 0 Å². The lowest BCUT2D eigenvalue weighted by Crippen LogP contribution is -2.26. The summed E-state index contributed by atoms with van der Waals surface area (Å²) < 4.78 is 59.0. The summed E-state index contributed by atoms with van der Waals surface area (Å²) in [5, 5.41) is 20.5. The second-order valence-corrected chi connectivity index (χ2v) is 11.9. The Morgan fingerprint density at radius 1 is 1.05 bits per heavy atom. The van der Waals surface area contributed by atoms with Gasteiger partial charge in [0, 0.05) is 24.7 Å². The lowest BCUT2D eigenvalue weighted by atomic mass is 9.95. The quantitative estimate of drug-likeness (QED) is 0.303. The van der Waals surface area contributed by atoms with E-state index in [0.717, 1.165) is 4.09 Å². The smallest absolute Gasteiger partial charge is 0.333 e. The summed E-state index contributed by atoms with van der Waals surface area (Å²) in [6.07, 6.45) is 10.2. The molecule has 2 fully saturated rings. The second-order valence-electron chi connectivity index (χ2n) is 9.81. The molecule has 0 saturated heterocycles.